The van der Waals surface area contributed by atoms with Crippen molar-refractivity contribution in [2.24, 2.45) is 0 Å². The van der Waals surface area contributed by atoms with Gasteiger partial charge in [-0.2, -0.15) is 0 Å². The lowest BCUT2D eigenvalue weighted by molar-refractivity contribution is -0.118. The average Bonchev–Trinajstić information content (AvgIpc) is 2.96. The zero-order valence-corrected chi connectivity index (χ0v) is 13.7. The Hall–Kier alpha value is -3.09. The van der Waals surface area contributed by atoms with E-state index < -0.39 is 6.04 Å². The van der Waals surface area contributed by atoms with E-state index in [1.54, 1.807) is 31.2 Å². The van der Waals surface area contributed by atoms with Gasteiger partial charge in [-0.25, -0.2) is 4.98 Å². The van der Waals surface area contributed by atoms with Crippen LogP contribution in [0.3, 0.4) is 0 Å². The first-order valence-corrected chi connectivity index (χ1v) is 7.51. The van der Waals surface area contributed by atoms with Crippen LogP contribution < -0.4 is 15.6 Å². The molecule has 3 rings (SSSR count). The van der Waals surface area contributed by atoms with Crippen molar-refractivity contribution in [3.63, 3.8) is 0 Å². The molecule has 2 heterocycles. The maximum Gasteiger partial charge on any atom is 0.263 e. The van der Waals surface area contributed by atoms with Gasteiger partial charge in [0, 0.05) is 5.69 Å². The summed E-state index contributed by atoms with van der Waals surface area (Å²) in [5, 5.41) is 3.25. The Morgan fingerprint density at radius 1 is 1.38 bits per heavy atom. The highest BCUT2D eigenvalue weighted by Crippen LogP contribution is 2.24. The Kier molecular flexibility index (Phi) is 4.07. The number of anilines is 1. The fourth-order valence-electron chi connectivity index (χ4n) is 2.54. The van der Waals surface area contributed by atoms with E-state index in [-0.39, 0.29) is 11.5 Å². The molecular weight excluding hydrogens is 308 g/mol. The minimum absolute atomic E-state index is 0.257. The molecule has 2 aromatic heterocycles. The molecule has 1 aromatic carbocycles. The normalized spacial score (nSPS) is 12.1. The minimum atomic E-state index is -0.713. The number of fused-ring (bicyclic) bond motifs is 1. The molecule has 7 nitrogen and oxygen atoms in total. The van der Waals surface area contributed by atoms with E-state index in [1.807, 2.05) is 13.0 Å². The molecule has 0 radical (unpaired) electrons. The van der Waals surface area contributed by atoms with Crippen molar-refractivity contribution in [3.8, 4) is 5.75 Å². The molecule has 0 saturated heterocycles. The van der Waals surface area contributed by atoms with Gasteiger partial charge in [-0.05, 0) is 32.0 Å². The van der Waals surface area contributed by atoms with Crippen LogP contribution >= 0.6 is 0 Å². The summed E-state index contributed by atoms with van der Waals surface area (Å²) in [7, 11) is 1.53. The average molecular weight is 326 g/mol. The van der Waals surface area contributed by atoms with Crippen LogP contribution in [0.5, 0.6) is 5.75 Å². The summed E-state index contributed by atoms with van der Waals surface area (Å²) >= 11 is 0. The Morgan fingerprint density at radius 2 is 2.12 bits per heavy atom. The summed E-state index contributed by atoms with van der Waals surface area (Å²) in [6.45, 7) is 3.50. The van der Waals surface area contributed by atoms with Gasteiger partial charge in [0.05, 0.1) is 18.2 Å². The molecule has 24 heavy (non-hydrogen) atoms. The third kappa shape index (κ3) is 2.76. The zero-order chi connectivity index (χ0) is 17.3. The van der Waals surface area contributed by atoms with E-state index in [0.717, 1.165) is 5.69 Å². The maximum atomic E-state index is 12.6. The van der Waals surface area contributed by atoms with Gasteiger partial charge in [0.1, 0.15) is 23.8 Å². The van der Waals surface area contributed by atoms with E-state index in [4.69, 9.17) is 4.74 Å². The van der Waals surface area contributed by atoms with Crippen LogP contribution in [0, 0.1) is 6.92 Å². The number of nitrogens with one attached hydrogen (secondary N) is 2. The number of benzene rings is 1. The number of aryl methyl sites for hydroxylation is 1. The zero-order valence-electron chi connectivity index (χ0n) is 13.7. The lowest BCUT2D eigenvalue weighted by Crippen LogP contribution is -2.31. The lowest BCUT2D eigenvalue weighted by atomic mass is 10.2. The number of hydrogen-bond donors (Lipinski definition) is 2. The van der Waals surface area contributed by atoms with Gasteiger partial charge >= 0.3 is 0 Å². The third-order valence-corrected chi connectivity index (χ3v) is 3.87. The second kappa shape index (κ2) is 6.19. The van der Waals surface area contributed by atoms with Crippen molar-refractivity contribution in [1.82, 2.24) is 14.5 Å². The first kappa shape index (κ1) is 15.8. The number of nitrogens with zero attached hydrogens (tertiary/aromatic N) is 2. The fourth-order valence-corrected chi connectivity index (χ4v) is 2.54. The van der Waals surface area contributed by atoms with Crippen LogP contribution in [0.1, 0.15) is 18.7 Å². The molecule has 0 aliphatic rings. The molecule has 0 aliphatic heterocycles. The molecule has 124 valence electrons. The number of ether oxygens (including phenoxy) is 1. The highest BCUT2D eigenvalue weighted by atomic mass is 16.5. The Bertz CT molecular complexity index is 958. The fraction of sp³-hybridized carbons (Fsp3) is 0.235. The predicted molar refractivity (Wildman–Crippen MR) is 91.4 cm³/mol. The van der Waals surface area contributed by atoms with Crippen LogP contribution in [0.15, 0.2) is 41.5 Å². The lowest BCUT2D eigenvalue weighted by Gasteiger charge is -2.16. The molecule has 7 heteroatoms. The molecule has 0 spiro atoms. The Balaban J connectivity index is 1.91. The first-order chi connectivity index (χ1) is 11.5. The van der Waals surface area contributed by atoms with Crippen LogP contribution in [-0.4, -0.2) is 27.6 Å². The molecule has 0 fully saturated rings. The van der Waals surface area contributed by atoms with Crippen molar-refractivity contribution in [1.29, 1.82) is 0 Å². The van der Waals surface area contributed by atoms with Crippen LogP contribution in [-0.2, 0) is 4.79 Å². The summed E-state index contributed by atoms with van der Waals surface area (Å²) in [4.78, 5) is 32.3. The SMILES string of the molecule is COc1ccccc1NC(=O)C(C)n1cnc2[nH]c(C)cc2c1=O. The third-order valence-electron chi connectivity index (χ3n) is 3.87. The number of carbonyl (C=O) groups excluding carboxylic acids is 1. The highest BCUT2D eigenvalue weighted by molar-refractivity contribution is 5.95. The number of amides is 1. The summed E-state index contributed by atoms with van der Waals surface area (Å²) < 4.78 is 6.54. The van der Waals surface area contributed by atoms with Crippen molar-refractivity contribution in [2.45, 2.75) is 19.9 Å². The van der Waals surface area contributed by atoms with Crippen LogP contribution in [0.2, 0.25) is 0 Å². The Labute approximate surface area is 138 Å². The van der Waals surface area contributed by atoms with Gasteiger partial charge in [-0.3, -0.25) is 14.2 Å². The molecule has 1 unspecified atom stereocenters. The summed E-state index contributed by atoms with van der Waals surface area (Å²) in [6, 6.07) is 8.12. The molecule has 1 amide bonds. The van der Waals surface area contributed by atoms with Crippen LogP contribution in [0.4, 0.5) is 5.69 Å². The van der Waals surface area contributed by atoms with E-state index in [1.165, 1.54) is 18.0 Å². The van der Waals surface area contributed by atoms with Crippen molar-refractivity contribution in [2.75, 3.05) is 12.4 Å². The van der Waals surface area contributed by atoms with Gasteiger partial charge in [0.25, 0.3) is 5.56 Å². The number of methoxy groups -OCH3 is 1. The summed E-state index contributed by atoms with van der Waals surface area (Å²) in [6.07, 6.45) is 1.38. The smallest absolute Gasteiger partial charge is 0.263 e. The number of carbonyl (C=O) groups is 1. The van der Waals surface area contributed by atoms with Gasteiger partial charge in [-0.1, -0.05) is 12.1 Å². The van der Waals surface area contributed by atoms with Crippen molar-refractivity contribution >= 4 is 22.6 Å². The van der Waals surface area contributed by atoms with E-state index in [0.29, 0.717) is 22.5 Å². The second-order valence-corrected chi connectivity index (χ2v) is 5.54. The molecule has 0 bridgehead atoms. The summed E-state index contributed by atoms with van der Waals surface area (Å²) in [5.41, 5.74) is 1.66. The number of hydrogen-bond acceptors (Lipinski definition) is 4. The molecule has 0 saturated carbocycles. The second-order valence-electron chi connectivity index (χ2n) is 5.54. The van der Waals surface area contributed by atoms with E-state index >= 15 is 0 Å². The Morgan fingerprint density at radius 3 is 2.88 bits per heavy atom. The van der Waals surface area contributed by atoms with Gasteiger partial charge in [-0.15, -0.1) is 0 Å². The number of rotatable bonds is 4. The number of H-pyrrole nitrogens is 1. The molecule has 3 aromatic rings. The standard InChI is InChI=1S/C17H18N4O3/c1-10-8-12-15(19-10)18-9-21(17(12)23)11(2)16(22)20-13-6-4-5-7-14(13)24-3/h4-9,11,19H,1-3H3,(H,20,22). The number of aromatic nitrogens is 3. The first-order valence-electron chi connectivity index (χ1n) is 7.51. The molecule has 1 atom stereocenters. The summed E-state index contributed by atoms with van der Waals surface area (Å²) in [5.74, 6) is 0.232. The topological polar surface area (TPSA) is 89.0 Å². The molecular formula is C17H18N4O3. The monoisotopic (exact) mass is 326 g/mol. The van der Waals surface area contributed by atoms with E-state index in [9.17, 15) is 9.59 Å². The predicted octanol–water partition coefficient (Wildman–Crippen LogP) is 2.24. The van der Waals surface area contributed by atoms with Gasteiger partial charge in [0.2, 0.25) is 5.91 Å². The minimum Gasteiger partial charge on any atom is -0.495 e. The largest absolute Gasteiger partial charge is 0.495 e. The molecule has 2 N–H and O–H groups in total. The van der Waals surface area contributed by atoms with Crippen molar-refractivity contribution in [3.05, 3.63) is 52.7 Å². The number of aromatic amines is 1. The van der Waals surface area contributed by atoms with Crippen molar-refractivity contribution < 1.29 is 9.53 Å². The van der Waals surface area contributed by atoms with E-state index in [2.05, 4.69) is 15.3 Å². The van der Waals surface area contributed by atoms with Gasteiger partial charge in [0.15, 0.2) is 0 Å². The quantitative estimate of drug-likeness (QED) is 0.769. The van der Waals surface area contributed by atoms with Gasteiger partial charge < -0.3 is 15.0 Å². The van der Waals surface area contributed by atoms with Crippen LogP contribution in [0.25, 0.3) is 11.0 Å². The highest BCUT2D eigenvalue weighted by Gasteiger charge is 2.19. The molecule has 0 aliphatic carbocycles. The number of para-hydroxylation sites is 2. The maximum absolute atomic E-state index is 12.6.